The summed E-state index contributed by atoms with van der Waals surface area (Å²) in [7, 11) is 0. The lowest BCUT2D eigenvalue weighted by Crippen LogP contribution is -2.53. The van der Waals surface area contributed by atoms with Crippen molar-refractivity contribution in [2.45, 2.75) is 71.0 Å². The minimum absolute atomic E-state index is 0.0393. The normalized spacial score (nSPS) is 12.4. The third kappa shape index (κ3) is 9.04. The Kier molecular flexibility index (Phi) is 11.5. The first-order valence-electron chi connectivity index (χ1n) is 15.4. The average Bonchev–Trinajstić information content (AvgIpc) is 3.38. The van der Waals surface area contributed by atoms with Gasteiger partial charge in [0.25, 0.3) is 5.91 Å². The zero-order valence-electron chi connectivity index (χ0n) is 25.9. The summed E-state index contributed by atoms with van der Waals surface area (Å²) >= 11 is 0. The fourth-order valence-electron chi connectivity index (χ4n) is 5.72. The van der Waals surface area contributed by atoms with Gasteiger partial charge in [0.15, 0.2) is 0 Å². The summed E-state index contributed by atoms with van der Waals surface area (Å²) in [5.74, 6) is -2.29. The number of carbonyl (C=O) groups excluding carboxylic acids is 3. The van der Waals surface area contributed by atoms with E-state index in [0.29, 0.717) is 31.5 Å². The number of primary amides is 1. The van der Waals surface area contributed by atoms with Crippen molar-refractivity contribution in [3.05, 3.63) is 107 Å². The van der Waals surface area contributed by atoms with Crippen molar-refractivity contribution in [3.8, 4) is 0 Å². The minimum Gasteiger partial charge on any atom is -0.481 e. The second-order valence-corrected chi connectivity index (χ2v) is 11.5. The summed E-state index contributed by atoms with van der Waals surface area (Å²) in [6, 6.07) is 23.9. The van der Waals surface area contributed by atoms with Crippen LogP contribution in [0.5, 0.6) is 0 Å². The zero-order valence-corrected chi connectivity index (χ0v) is 25.9. The summed E-state index contributed by atoms with van der Waals surface area (Å²) < 4.78 is 2.01. The van der Waals surface area contributed by atoms with Crippen molar-refractivity contribution in [2.75, 3.05) is 6.54 Å². The number of aromatic nitrogens is 1. The van der Waals surface area contributed by atoms with E-state index in [1.54, 1.807) is 11.1 Å². The molecule has 45 heavy (non-hydrogen) atoms. The van der Waals surface area contributed by atoms with Crippen LogP contribution in [-0.2, 0) is 27.3 Å². The highest BCUT2D eigenvalue weighted by Crippen LogP contribution is 2.24. The number of para-hydroxylation sites is 1. The maximum absolute atomic E-state index is 14.3. The van der Waals surface area contributed by atoms with Crippen LogP contribution in [-0.4, -0.2) is 56.9 Å². The van der Waals surface area contributed by atoms with Crippen molar-refractivity contribution in [3.63, 3.8) is 0 Å². The lowest BCUT2D eigenvalue weighted by molar-refractivity contribution is -0.139. The molecule has 4 rings (SSSR count). The molecular formula is C36H42N4O5. The van der Waals surface area contributed by atoms with Crippen molar-refractivity contribution in [2.24, 2.45) is 5.73 Å². The fourth-order valence-corrected chi connectivity index (χ4v) is 5.72. The molecule has 236 valence electrons. The number of nitrogens with zero attached hydrogens (tertiary/aromatic N) is 2. The highest BCUT2D eigenvalue weighted by Gasteiger charge is 2.32. The number of nitrogens with one attached hydrogen (secondary N) is 1. The van der Waals surface area contributed by atoms with Crippen molar-refractivity contribution in [1.29, 1.82) is 0 Å². The molecule has 0 radical (unpaired) electrons. The van der Waals surface area contributed by atoms with Gasteiger partial charge in [0, 0.05) is 49.1 Å². The number of aliphatic carboxylic acids is 1. The van der Waals surface area contributed by atoms with Gasteiger partial charge in [0.1, 0.15) is 6.04 Å². The van der Waals surface area contributed by atoms with Crippen LogP contribution < -0.4 is 11.1 Å². The van der Waals surface area contributed by atoms with Gasteiger partial charge < -0.3 is 25.6 Å². The molecule has 0 unspecified atom stereocenters. The number of hydrogen-bond donors (Lipinski definition) is 3. The number of benzene rings is 3. The third-order valence-electron chi connectivity index (χ3n) is 7.93. The number of nitrogens with two attached hydrogens (primary N) is 1. The zero-order chi connectivity index (χ0) is 32.3. The molecule has 3 amide bonds. The summed E-state index contributed by atoms with van der Waals surface area (Å²) in [6.45, 7) is 4.84. The fraction of sp³-hybridized carbons (Fsp3) is 0.333. The SMILES string of the molecule is CCCN(C(=O)[C@H](CCCC(=O)O)NC(=O)c1cn(Cc2ccccc2)c2ccccc12)[C@H](CC(N)=O)Cc1ccc(C)cc1. The number of carboxylic acids is 1. The van der Waals surface area contributed by atoms with Gasteiger partial charge in [-0.2, -0.15) is 0 Å². The number of fused-ring (bicyclic) bond motifs is 1. The Balaban J connectivity index is 1.64. The predicted octanol–water partition coefficient (Wildman–Crippen LogP) is 5.08. The highest BCUT2D eigenvalue weighted by atomic mass is 16.4. The molecule has 1 aromatic heterocycles. The molecular weight excluding hydrogens is 568 g/mol. The second-order valence-electron chi connectivity index (χ2n) is 11.5. The number of rotatable bonds is 16. The topological polar surface area (TPSA) is 135 Å². The Bertz CT molecular complexity index is 1610. The Labute approximate surface area is 264 Å². The summed E-state index contributed by atoms with van der Waals surface area (Å²) in [4.78, 5) is 53.3. The molecule has 1 heterocycles. The number of amides is 3. The van der Waals surface area contributed by atoms with Crippen LogP contribution in [0.15, 0.2) is 85.1 Å². The average molecular weight is 611 g/mol. The van der Waals surface area contributed by atoms with E-state index >= 15 is 0 Å². The number of carboxylic acid groups (broad SMARTS) is 1. The Morgan fingerprint density at radius 1 is 0.933 bits per heavy atom. The molecule has 0 saturated heterocycles. The summed E-state index contributed by atoms with van der Waals surface area (Å²) in [6.07, 6.45) is 2.98. The molecule has 0 saturated carbocycles. The van der Waals surface area contributed by atoms with Gasteiger partial charge in [-0.05, 0) is 49.8 Å². The molecule has 4 aromatic rings. The van der Waals surface area contributed by atoms with Crippen molar-refractivity contribution < 1.29 is 24.3 Å². The van der Waals surface area contributed by atoms with E-state index in [4.69, 9.17) is 5.73 Å². The van der Waals surface area contributed by atoms with Gasteiger partial charge in [-0.25, -0.2) is 0 Å². The van der Waals surface area contributed by atoms with Crippen molar-refractivity contribution >= 4 is 34.6 Å². The summed E-state index contributed by atoms with van der Waals surface area (Å²) in [5, 5.41) is 13.0. The molecule has 0 aliphatic carbocycles. The largest absolute Gasteiger partial charge is 0.481 e. The van der Waals surface area contributed by atoms with Crippen LogP contribution in [0.1, 0.15) is 66.1 Å². The highest BCUT2D eigenvalue weighted by molar-refractivity contribution is 6.08. The Morgan fingerprint density at radius 2 is 1.62 bits per heavy atom. The van der Waals surface area contributed by atoms with Gasteiger partial charge >= 0.3 is 5.97 Å². The van der Waals surface area contributed by atoms with Crippen molar-refractivity contribution in [1.82, 2.24) is 14.8 Å². The first-order valence-corrected chi connectivity index (χ1v) is 15.4. The molecule has 4 N–H and O–H groups in total. The van der Waals surface area contributed by atoms with E-state index in [1.807, 2.05) is 97.3 Å². The van der Waals surface area contributed by atoms with E-state index in [0.717, 1.165) is 27.6 Å². The molecule has 9 heteroatoms. The molecule has 2 atom stereocenters. The maximum atomic E-state index is 14.3. The van der Waals surface area contributed by atoms with E-state index in [1.165, 1.54) is 0 Å². The quantitative estimate of drug-likeness (QED) is 0.163. The summed E-state index contributed by atoms with van der Waals surface area (Å²) in [5.41, 5.74) is 10.1. The minimum atomic E-state index is -0.993. The van der Waals surface area contributed by atoms with Gasteiger partial charge in [-0.1, -0.05) is 85.3 Å². The number of aryl methyl sites for hydroxylation is 1. The molecule has 9 nitrogen and oxygen atoms in total. The number of carbonyl (C=O) groups is 4. The Morgan fingerprint density at radius 3 is 2.29 bits per heavy atom. The van der Waals surface area contributed by atoms with E-state index < -0.39 is 29.9 Å². The lowest BCUT2D eigenvalue weighted by Gasteiger charge is -2.34. The molecule has 0 fully saturated rings. The first-order chi connectivity index (χ1) is 21.7. The maximum Gasteiger partial charge on any atom is 0.303 e. The molecule has 0 aliphatic heterocycles. The molecule has 0 bridgehead atoms. The standard InChI is InChI=1S/C36H42N4O5/c1-3-20-40(28(22-33(37)41)21-26-18-16-25(2)17-19-26)36(45)31(13-9-15-34(42)43)38-35(44)30-24-39(23-27-10-5-4-6-11-27)32-14-8-7-12-29(30)32/h4-8,10-12,14,16-19,24,28,31H,3,9,13,15,20-23H2,1-2H3,(H2,37,41)(H,38,44)(H,42,43)/t28-,31-/m0/s1. The lowest BCUT2D eigenvalue weighted by atomic mass is 9.98. The van der Waals surface area contributed by atoms with Gasteiger partial charge in [0.05, 0.1) is 5.56 Å². The monoisotopic (exact) mass is 610 g/mol. The van der Waals surface area contributed by atoms with Gasteiger partial charge in [0.2, 0.25) is 11.8 Å². The molecule has 3 aromatic carbocycles. The van der Waals surface area contributed by atoms with Crippen LogP contribution in [0.3, 0.4) is 0 Å². The van der Waals surface area contributed by atoms with Crippen LogP contribution in [0.4, 0.5) is 0 Å². The Hall–Kier alpha value is -4.92. The molecule has 0 aliphatic rings. The first kappa shape index (κ1) is 33.0. The van der Waals surface area contributed by atoms with E-state index in [2.05, 4.69) is 5.32 Å². The third-order valence-corrected chi connectivity index (χ3v) is 7.93. The van der Waals surface area contributed by atoms with Gasteiger partial charge in [-0.15, -0.1) is 0 Å². The molecule has 0 spiro atoms. The number of hydrogen-bond acceptors (Lipinski definition) is 4. The van der Waals surface area contributed by atoms with Crippen LogP contribution in [0.2, 0.25) is 0 Å². The predicted molar refractivity (Wildman–Crippen MR) is 175 cm³/mol. The van der Waals surface area contributed by atoms with E-state index in [-0.39, 0.29) is 31.6 Å². The van der Waals surface area contributed by atoms with Crippen LogP contribution in [0.25, 0.3) is 10.9 Å². The van der Waals surface area contributed by atoms with Crippen LogP contribution >= 0.6 is 0 Å². The van der Waals surface area contributed by atoms with E-state index in [9.17, 15) is 24.3 Å². The second kappa shape index (κ2) is 15.7. The van der Waals surface area contributed by atoms with Gasteiger partial charge in [-0.3, -0.25) is 19.2 Å². The smallest absolute Gasteiger partial charge is 0.303 e. The van der Waals surface area contributed by atoms with Crippen LogP contribution in [0, 0.1) is 6.92 Å².